The number of amides is 1. The van der Waals surface area contributed by atoms with Crippen molar-refractivity contribution in [1.82, 2.24) is 0 Å². The van der Waals surface area contributed by atoms with Crippen molar-refractivity contribution in [3.63, 3.8) is 0 Å². The van der Waals surface area contributed by atoms with E-state index in [-0.39, 0.29) is 18.6 Å². The fraction of sp³-hybridized carbons (Fsp3) is 0.381. The molecule has 1 atom stereocenters. The Morgan fingerprint density at radius 1 is 1.04 bits per heavy atom. The van der Waals surface area contributed by atoms with E-state index in [9.17, 15) is 4.79 Å². The number of hydrogen-bond donors (Lipinski definition) is 2. The molecule has 2 aromatic rings. The Labute approximate surface area is 160 Å². The molecule has 6 heteroatoms. The summed E-state index contributed by atoms with van der Waals surface area (Å²) in [5.41, 5.74) is 1.56. The summed E-state index contributed by atoms with van der Waals surface area (Å²) in [4.78, 5) is 12.1. The number of methoxy groups -OCH3 is 1. The number of hydrogen-bond acceptors (Lipinski definition) is 5. The fourth-order valence-electron chi connectivity index (χ4n) is 2.26. The molecule has 2 N–H and O–H groups in total. The van der Waals surface area contributed by atoms with Crippen LogP contribution in [0, 0.1) is 0 Å². The first kappa shape index (κ1) is 20.6. The minimum atomic E-state index is -0.128. The van der Waals surface area contributed by atoms with Crippen LogP contribution in [0.1, 0.15) is 20.3 Å². The lowest BCUT2D eigenvalue weighted by molar-refractivity contribution is -0.114. The molecule has 6 nitrogen and oxygen atoms in total. The number of carbonyl (C=O) groups is 1. The van der Waals surface area contributed by atoms with Crippen LogP contribution in [0.15, 0.2) is 48.5 Å². The van der Waals surface area contributed by atoms with Gasteiger partial charge in [-0.25, -0.2) is 0 Å². The highest BCUT2D eigenvalue weighted by Gasteiger charge is 2.05. The van der Waals surface area contributed by atoms with E-state index in [2.05, 4.69) is 17.6 Å². The molecular weight excluding hydrogens is 344 g/mol. The van der Waals surface area contributed by atoms with Crippen molar-refractivity contribution in [2.75, 3.05) is 37.5 Å². The first-order chi connectivity index (χ1) is 13.1. The van der Waals surface area contributed by atoms with Crippen LogP contribution in [0.25, 0.3) is 0 Å². The summed E-state index contributed by atoms with van der Waals surface area (Å²) >= 11 is 0. The largest absolute Gasteiger partial charge is 0.491 e. The summed E-state index contributed by atoms with van der Waals surface area (Å²) in [6.07, 6.45) is 1.10. The quantitative estimate of drug-likeness (QED) is 0.585. The summed E-state index contributed by atoms with van der Waals surface area (Å²) in [5, 5.41) is 5.96. The predicted octanol–water partition coefficient (Wildman–Crippen LogP) is 3.94. The molecule has 0 spiro atoms. The number of nitrogens with one attached hydrogen (secondary N) is 2. The number of benzene rings is 2. The average Bonchev–Trinajstić information content (AvgIpc) is 2.68. The first-order valence-electron chi connectivity index (χ1n) is 9.13. The van der Waals surface area contributed by atoms with Gasteiger partial charge >= 0.3 is 0 Å². The van der Waals surface area contributed by atoms with Gasteiger partial charge in [0.1, 0.15) is 18.1 Å². The van der Waals surface area contributed by atoms with Gasteiger partial charge in [0.15, 0.2) is 0 Å². The van der Waals surface area contributed by atoms with Gasteiger partial charge in [-0.05, 0) is 49.7 Å². The Balaban J connectivity index is 1.79. The monoisotopic (exact) mass is 372 g/mol. The van der Waals surface area contributed by atoms with Crippen LogP contribution < -0.4 is 20.1 Å². The van der Waals surface area contributed by atoms with E-state index in [4.69, 9.17) is 14.2 Å². The number of ether oxygens (including phenoxy) is 3. The minimum absolute atomic E-state index is 0.128. The second-order valence-corrected chi connectivity index (χ2v) is 6.13. The van der Waals surface area contributed by atoms with Crippen LogP contribution >= 0.6 is 0 Å². The SMILES string of the molecule is CCC(C)Oc1cccc(NCC(=O)Nc2ccc(OCCOC)cc2)c1. The maximum atomic E-state index is 12.1. The van der Waals surface area contributed by atoms with Crippen molar-refractivity contribution in [2.24, 2.45) is 0 Å². The third-order valence-corrected chi connectivity index (χ3v) is 3.89. The highest BCUT2D eigenvalue weighted by atomic mass is 16.5. The van der Waals surface area contributed by atoms with E-state index >= 15 is 0 Å². The van der Waals surface area contributed by atoms with Crippen molar-refractivity contribution in [3.05, 3.63) is 48.5 Å². The molecule has 2 aromatic carbocycles. The van der Waals surface area contributed by atoms with Crippen molar-refractivity contribution in [1.29, 1.82) is 0 Å². The van der Waals surface area contributed by atoms with E-state index in [1.54, 1.807) is 19.2 Å². The highest BCUT2D eigenvalue weighted by molar-refractivity contribution is 5.93. The number of rotatable bonds is 11. The highest BCUT2D eigenvalue weighted by Crippen LogP contribution is 2.19. The van der Waals surface area contributed by atoms with Crippen LogP contribution in [0.4, 0.5) is 11.4 Å². The van der Waals surface area contributed by atoms with E-state index in [0.717, 1.165) is 29.3 Å². The third-order valence-electron chi connectivity index (χ3n) is 3.89. The second-order valence-electron chi connectivity index (χ2n) is 6.13. The Hall–Kier alpha value is -2.73. The van der Waals surface area contributed by atoms with Crippen molar-refractivity contribution >= 4 is 17.3 Å². The molecule has 0 radical (unpaired) electrons. The van der Waals surface area contributed by atoms with Gasteiger partial charge in [-0.2, -0.15) is 0 Å². The Morgan fingerprint density at radius 2 is 1.81 bits per heavy atom. The molecule has 0 aromatic heterocycles. The maximum absolute atomic E-state index is 12.1. The molecular formula is C21H28N2O4. The van der Waals surface area contributed by atoms with Gasteiger partial charge in [-0.3, -0.25) is 4.79 Å². The minimum Gasteiger partial charge on any atom is -0.491 e. The van der Waals surface area contributed by atoms with Crippen LogP contribution in [-0.2, 0) is 9.53 Å². The van der Waals surface area contributed by atoms with Gasteiger partial charge < -0.3 is 24.8 Å². The Morgan fingerprint density at radius 3 is 2.52 bits per heavy atom. The smallest absolute Gasteiger partial charge is 0.243 e. The summed E-state index contributed by atoms with van der Waals surface area (Å²) < 4.78 is 16.2. The molecule has 0 heterocycles. The van der Waals surface area contributed by atoms with Gasteiger partial charge in [-0.1, -0.05) is 13.0 Å². The summed E-state index contributed by atoms with van der Waals surface area (Å²) in [5.74, 6) is 1.40. The molecule has 0 aliphatic carbocycles. The zero-order chi connectivity index (χ0) is 19.5. The molecule has 1 amide bonds. The summed E-state index contributed by atoms with van der Waals surface area (Å²) in [6, 6.07) is 14.9. The van der Waals surface area contributed by atoms with Gasteiger partial charge in [0, 0.05) is 24.6 Å². The van der Waals surface area contributed by atoms with Crippen LogP contribution in [0.5, 0.6) is 11.5 Å². The second kappa shape index (κ2) is 11.1. The number of carbonyl (C=O) groups excluding carboxylic acids is 1. The van der Waals surface area contributed by atoms with Crippen molar-refractivity contribution in [2.45, 2.75) is 26.4 Å². The first-order valence-corrected chi connectivity index (χ1v) is 9.13. The van der Waals surface area contributed by atoms with Crippen LogP contribution in [0.3, 0.4) is 0 Å². The van der Waals surface area contributed by atoms with E-state index < -0.39 is 0 Å². The predicted molar refractivity (Wildman–Crippen MR) is 108 cm³/mol. The average molecular weight is 372 g/mol. The molecule has 0 saturated carbocycles. The van der Waals surface area contributed by atoms with Gasteiger partial charge in [0.2, 0.25) is 5.91 Å². The molecule has 0 bridgehead atoms. The lowest BCUT2D eigenvalue weighted by atomic mass is 10.2. The number of anilines is 2. The third kappa shape index (κ3) is 7.58. The standard InChI is InChI=1S/C21H28N2O4/c1-4-16(2)27-20-7-5-6-18(14-20)22-15-21(24)23-17-8-10-19(11-9-17)26-13-12-25-3/h5-11,14,16,22H,4,12-13,15H2,1-3H3,(H,23,24). The van der Waals surface area contributed by atoms with E-state index in [1.165, 1.54) is 0 Å². The lowest BCUT2D eigenvalue weighted by Gasteiger charge is -2.14. The van der Waals surface area contributed by atoms with Gasteiger partial charge in [0.25, 0.3) is 0 Å². The van der Waals surface area contributed by atoms with Gasteiger partial charge in [0.05, 0.1) is 19.3 Å². The topological polar surface area (TPSA) is 68.8 Å². The van der Waals surface area contributed by atoms with Crippen molar-refractivity contribution < 1.29 is 19.0 Å². The fourth-order valence-corrected chi connectivity index (χ4v) is 2.26. The Bertz CT molecular complexity index is 704. The van der Waals surface area contributed by atoms with Crippen molar-refractivity contribution in [3.8, 4) is 11.5 Å². The summed E-state index contributed by atoms with van der Waals surface area (Å²) in [6.45, 7) is 5.30. The molecule has 1 unspecified atom stereocenters. The lowest BCUT2D eigenvalue weighted by Crippen LogP contribution is -2.21. The molecule has 2 rings (SSSR count). The molecule has 0 fully saturated rings. The molecule has 0 aliphatic rings. The van der Waals surface area contributed by atoms with Crippen LogP contribution in [-0.4, -0.2) is 38.9 Å². The molecule has 0 saturated heterocycles. The molecule has 146 valence electrons. The van der Waals surface area contributed by atoms with Gasteiger partial charge in [-0.15, -0.1) is 0 Å². The van der Waals surface area contributed by atoms with E-state index in [1.807, 2.05) is 43.3 Å². The zero-order valence-corrected chi connectivity index (χ0v) is 16.2. The normalized spacial score (nSPS) is 11.5. The van der Waals surface area contributed by atoms with E-state index in [0.29, 0.717) is 13.2 Å². The summed E-state index contributed by atoms with van der Waals surface area (Å²) in [7, 11) is 1.63. The molecule has 0 aliphatic heterocycles. The zero-order valence-electron chi connectivity index (χ0n) is 16.2. The maximum Gasteiger partial charge on any atom is 0.243 e. The van der Waals surface area contributed by atoms with Crippen LogP contribution in [0.2, 0.25) is 0 Å². The Kier molecular flexibility index (Phi) is 8.45. The molecule has 27 heavy (non-hydrogen) atoms.